The maximum Gasteiger partial charge on any atom is 0.341 e. The average Bonchev–Trinajstić information content (AvgIpc) is 2.79. The minimum absolute atomic E-state index is 0.146. The summed E-state index contributed by atoms with van der Waals surface area (Å²) in [5, 5.41) is 4.48. The van der Waals surface area contributed by atoms with E-state index in [9.17, 15) is 4.79 Å². The van der Waals surface area contributed by atoms with Crippen molar-refractivity contribution >= 4 is 5.97 Å². The third kappa shape index (κ3) is 4.75. The molecule has 1 aromatic heterocycles. The lowest BCUT2D eigenvalue weighted by Gasteiger charge is -2.34. The number of methoxy groups -OCH3 is 3. The third-order valence-electron chi connectivity index (χ3n) is 5.66. The second-order valence-electron chi connectivity index (χ2n) is 8.00. The lowest BCUT2D eigenvalue weighted by Crippen LogP contribution is -2.29. The molecule has 32 heavy (non-hydrogen) atoms. The van der Waals surface area contributed by atoms with Crippen LogP contribution < -0.4 is 14.8 Å². The number of carbonyl (C=O) groups is 1. The first-order valence-corrected chi connectivity index (χ1v) is 10.7. The first kappa shape index (κ1) is 23.7. The van der Waals surface area contributed by atoms with Crippen LogP contribution in [0.5, 0.6) is 11.5 Å². The van der Waals surface area contributed by atoms with Gasteiger partial charge in [0.15, 0.2) is 11.5 Å². The van der Waals surface area contributed by atoms with Crippen molar-refractivity contribution in [3.63, 3.8) is 0 Å². The normalized spacial score (nSPS) is 15.2. The smallest absolute Gasteiger partial charge is 0.341 e. The number of carbonyl (C=O) groups excluding carboxylic acids is 1. The summed E-state index contributed by atoms with van der Waals surface area (Å²) >= 11 is 0. The molecule has 0 spiro atoms. The Labute approximate surface area is 188 Å². The van der Waals surface area contributed by atoms with Crippen LogP contribution in [0.4, 0.5) is 0 Å². The summed E-state index contributed by atoms with van der Waals surface area (Å²) in [6, 6.07) is 6.05. The summed E-state index contributed by atoms with van der Waals surface area (Å²) in [6.45, 7) is 5.52. The van der Waals surface area contributed by atoms with Gasteiger partial charge in [0.2, 0.25) is 0 Å². The maximum atomic E-state index is 12.4. The molecular weight excluding hydrogens is 412 g/mol. The number of aromatic nitrogens is 1. The van der Waals surface area contributed by atoms with Crippen molar-refractivity contribution in [2.75, 3.05) is 41.7 Å². The molecular formula is C24H32N2O6. The van der Waals surface area contributed by atoms with Crippen molar-refractivity contribution < 1.29 is 28.6 Å². The number of ether oxygens (including phenoxy) is 4. The fourth-order valence-corrected chi connectivity index (χ4v) is 4.04. The van der Waals surface area contributed by atoms with Gasteiger partial charge in [-0.05, 0) is 36.1 Å². The lowest BCUT2D eigenvalue weighted by atomic mass is 9.87. The van der Waals surface area contributed by atoms with E-state index in [1.165, 1.54) is 14.2 Å². The fourth-order valence-electron chi connectivity index (χ4n) is 4.04. The Kier molecular flexibility index (Phi) is 7.80. The molecule has 0 amide bonds. The monoisotopic (exact) mass is 444 g/mol. The highest BCUT2D eigenvalue weighted by atomic mass is 16.6. The molecule has 0 fully saturated rings. The molecule has 8 nitrogen and oxygen atoms in total. The van der Waals surface area contributed by atoms with Crippen molar-refractivity contribution in [1.29, 1.82) is 0 Å². The van der Waals surface area contributed by atoms with Gasteiger partial charge in [-0.25, -0.2) is 4.79 Å². The zero-order valence-corrected chi connectivity index (χ0v) is 19.6. The van der Waals surface area contributed by atoms with E-state index in [1.807, 2.05) is 18.3 Å². The van der Waals surface area contributed by atoms with E-state index in [4.69, 9.17) is 23.8 Å². The molecule has 1 unspecified atom stereocenters. The van der Waals surface area contributed by atoms with Crippen LogP contribution in [0.3, 0.4) is 0 Å². The Morgan fingerprint density at radius 3 is 2.53 bits per heavy atom. The Bertz CT molecular complexity index is 1030. The van der Waals surface area contributed by atoms with Gasteiger partial charge >= 0.3 is 5.97 Å². The fraction of sp³-hybridized carbons (Fsp3) is 0.500. The van der Waals surface area contributed by atoms with Crippen LogP contribution in [0, 0.1) is 5.92 Å². The molecule has 0 saturated carbocycles. The van der Waals surface area contributed by atoms with Gasteiger partial charge in [0.05, 0.1) is 26.5 Å². The van der Waals surface area contributed by atoms with Gasteiger partial charge in [0.25, 0.3) is 0 Å². The molecule has 3 rings (SSSR count). The van der Waals surface area contributed by atoms with Crippen LogP contribution >= 0.6 is 0 Å². The molecule has 1 aliphatic heterocycles. The lowest BCUT2D eigenvalue weighted by molar-refractivity contribution is 0.0595. The molecule has 2 heterocycles. The largest absolute Gasteiger partial charge is 0.493 e. The zero-order chi connectivity index (χ0) is 23.3. The quantitative estimate of drug-likeness (QED) is 0.334. The SMILES string of the molecule is COCCCOc1cc2c(cc1OC)-c1c/c(=N/OC)c(C(=O)OC)cn1C(C(C)C)C2. The third-order valence-corrected chi connectivity index (χ3v) is 5.66. The minimum atomic E-state index is -0.457. The Balaban J connectivity index is 2.17. The topological polar surface area (TPSA) is 80.5 Å². The Morgan fingerprint density at radius 1 is 1.12 bits per heavy atom. The average molecular weight is 445 g/mol. The van der Waals surface area contributed by atoms with Crippen LogP contribution in [0.25, 0.3) is 11.3 Å². The molecule has 0 bridgehead atoms. The van der Waals surface area contributed by atoms with Crippen LogP contribution in [-0.4, -0.2) is 52.2 Å². The van der Waals surface area contributed by atoms with Crippen LogP contribution in [-0.2, 0) is 20.7 Å². The van der Waals surface area contributed by atoms with E-state index in [1.54, 1.807) is 14.2 Å². The van der Waals surface area contributed by atoms with Crippen molar-refractivity contribution in [1.82, 2.24) is 4.57 Å². The number of benzene rings is 1. The van der Waals surface area contributed by atoms with Gasteiger partial charge in [-0.2, -0.15) is 0 Å². The number of pyridine rings is 1. The van der Waals surface area contributed by atoms with Gasteiger partial charge in [-0.1, -0.05) is 19.0 Å². The number of rotatable bonds is 9. The van der Waals surface area contributed by atoms with Crippen molar-refractivity contribution in [3.05, 3.63) is 40.9 Å². The molecule has 1 aromatic carbocycles. The summed E-state index contributed by atoms with van der Waals surface area (Å²) in [5.41, 5.74) is 3.45. The summed E-state index contributed by atoms with van der Waals surface area (Å²) < 4.78 is 23.8. The highest BCUT2D eigenvalue weighted by Gasteiger charge is 2.29. The second-order valence-corrected chi connectivity index (χ2v) is 8.00. The zero-order valence-electron chi connectivity index (χ0n) is 19.6. The summed E-state index contributed by atoms with van der Waals surface area (Å²) in [4.78, 5) is 17.4. The van der Waals surface area contributed by atoms with Gasteiger partial charge in [0, 0.05) is 37.9 Å². The van der Waals surface area contributed by atoms with E-state index in [2.05, 4.69) is 29.6 Å². The molecule has 1 atom stereocenters. The first-order valence-electron chi connectivity index (χ1n) is 10.7. The summed E-state index contributed by atoms with van der Waals surface area (Å²) in [7, 11) is 6.12. The molecule has 1 aliphatic rings. The standard InChI is InChI=1S/C24H32N2O6/c1-15(2)20-10-16-11-23(32-9-7-8-28-3)22(29-4)12-17(16)21-13-19(25-31-6)18(14-26(20)21)24(27)30-5/h11-15,20H,7-10H2,1-6H3/b25-19-. The molecule has 0 N–H and O–H groups in total. The first-order chi connectivity index (χ1) is 15.4. The van der Waals surface area contributed by atoms with Gasteiger partial charge in [-0.3, -0.25) is 0 Å². The minimum Gasteiger partial charge on any atom is -0.493 e. The van der Waals surface area contributed by atoms with E-state index >= 15 is 0 Å². The highest BCUT2D eigenvalue weighted by Crippen LogP contribution is 2.42. The Morgan fingerprint density at radius 2 is 1.91 bits per heavy atom. The van der Waals surface area contributed by atoms with Crippen molar-refractivity contribution in [2.24, 2.45) is 11.1 Å². The number of esters is 1. The van der Waals surface area contributed by atoms with Crippen LogP contribution in [0.15, 0.2) is 29.6 Å². The molecule has 0 radical (unpaired) electrons. The van der Waals surface area contributed by atoms with Crippen LogP contribution in [0.1, 0.15) is 42.2 Å². The summed E-state index contributed by atoms with van der Waals surface area (Å²) in [6.07, 6.45) is 3.40. The number of nitrogens with zero attached hydrogens (tertiary/aromatic N) is 2. The maximum absolute atomic E-state index is 12.4. The highest BCUT2D eigenvalue weighted by molar-refractivity contribution is 5.89. The number of hydrogen-bond acceptors (Lipinski definition) is 7. The van der Waals surface area contributed by atoms with Gasteiger partial charge in [0.1, 0.15) is 18.0 Å². The number of hydrogen-bond donors (Lipinski definition) is 0. The van der Waals surface area contributed by atoms with Crippen LogP contribution in [0.2, 0.25) is 0 Å². The van der Waals surface area contributed by atoms with Gasteiger partial charge < -0.3 is 28.4 Å². The second kappa shape index (κ2) is 10.5. The van der Waals surface area contributed by atoms with E-state index in [0.29, 0.717) is 41.6 Å². The molecule has 0 aliphatic carbocycles. The van der Waals surface area contributed by atoms with Gasteiger partial charge in [-0.15, -0.1) is 0 Å². The molecule has 8 heteroatoms. The molecule has 2 aromatic rings. The molecule has 0 saturated heterocycles. The van der Waals surface area contributed by atoms with E-state index in [-0.39, 0.29) is 6.04 Å². The van der Waals surface area contributed by atoms with Crippen molar-refractivity contribution in [2.45, 2.75) is 32.7 Å². The molecule has 174 valence electrons. The Hall–Kier alpha value is -3.00. The van der Waals surface area contributed by atoms with E-state index < -0.39 is 5.97 Å². The van der Waals surface area contributed by atoms with Crippen molar-refractivity contribution in [3.8, 4) is 22.8 Å². The predicted octanol–water partition coefficient (Wildman–Crippen LogP) is 3.58. The number of fused-ring (bicyclic) bond motifs is 3. The summed E-state index contributed by atoms with van der Waals surface area (Å²) in [5.74, 6) is 1.24. The van der Waals surface area contributed by atoms with E-state index in [0.717, 1.165) is 29.7 Å². The predicted molar refractivity (Wildman–Crippen MR) is 120 cm³/mol.